The van der Waals surface area contributed by atoms with Crippen molar-refractivity contribution >= 4 is 35.1 Å². The van der Waals surface area contributed by atoms with Crippen LogP contribution in [-0.4, -0.2) is 17.5 Å². The van der Waals surface area contributed by atoms with Gasteiger partial charge >= 0.3 is 5.97 Å². The Kier molecular flexibility index (Phi) is 6.76. The molecule has 2 aromatic carbocycles. The van der Waals surface area contributed by atoms with Crippen molar-refractivity contribution in [2.45, 2.75) is 13.5 Å². The molecule has 3 rings (SSSR count). The van der Waals surface area contributed by atoms with E-state index < -0.39 is 10.9 Å². The lowest BCUT2D eigenvalue weighted by molar-refractivity contribution is -0.384. The van der Waals surface area contributed by atoms with Crippen LogP contribution in [0.15, 0.2) is 60.7 Å². The Labute approximate surface area is 172 Å². The van der Waals surface area contributed by atoms with E-state index in [9.17, 15) is 14.9 Å². The van der Waals surface area contributed by atoms with Crippen molar-refractivity contribution in [3.8, 4) is 5.75 Å². The monoisotopic (exact) mass is 409 g/mol. The van der Waals surface area contributed by atoms with Crippen LogP contribution in [0.4, 0.5) is 5.69 Å². The zero-order chi connectivity index (χ0) is 20.6. The van der Waals surface area contributed by atoms with Crippen molar-refractivity contribution in [2.75, 3.05) is 6.61 Å². The van der Waals surface area contributed by atoms with Gasteiger partial charge in [-0.2, -0.15) is 0 Å². The molecule has 0 amide bonds. The number of thiophene rings is 1. The molecule has 148 valence electrons. The first kappa shape index (κ1) is 20.3. The summed E-state index contributed by atoms with van der Waals surface area (Å²) in [4.78, 5) is 23.2. The topological polar surface area (TPSA) is 78.7 Å². The minimum Gasteiger partial charge on any atom is -0.489 e. The Balaban J connectivity index is 1.69. The molecule has 0 radical (unpaired) electrons. The average molecular weight is 409 g/mol. The van der Waals surface area contributed by atoms with Gasteiger partial charge in [-0.05, 0) is 36.3 Å². The molecule has 0 aliphatic heterocycles. The predicted octanol–water partition coefficient (Wildman–Crippen LogP) is 5.58. The molecular weight excluding hydrogens is 390 g/mol. The Bertz CT molecular complexity index is 1010. The van der Waals surface area contributed by atoms with Gasteiger partial charge < -0.3 is 9.47 Å². The first-order valence-corrected chi connectivity index (χ1v) is 9.78. The molecule has 0 aliphatic rings. The van der Waals surface area contributed by atoms with E-state index in [0.717, 1.165) is 28.2 Å². The molecule has 0 N–H and O–H groups in total. The van der Waals surface area contributed by atoms with E-state index in [2.05, 4.69) is 0 Å². The first-order valence-electron chi connectivity index (χ1n) is 8.97. The number of carbonyl (C=O) groups excluding carboxylic acids is 1. The zero-order valence-corrected chi connectivity index (χ0v) is 16.6. The summed E-state index contributed by atoms with van der Waals surface area (Å²) < 4.78 is 10.7. The molecular formula is C22H19NO5S. The number of benzene rings is 2. The summed E-state index contributed by atoms with van der Waals surface area (Å²) in [6, 6.07) is 18.5. The summed E-state index contributed by atoms with van der Waals surface area (Å²) in [6.07, 6.45) is 3.39. The van der Waals surface area contributed by atoms with E-state index in [1.807, 2.05) is 54.6 Å². The molecule has 0 saturated carbocycles. The van der Waals surface area contributed by atoms with Crippen LogP contribution in [-0.2, 0) is 11.3 Å². The highest BCUT2D eigenvalue weighted by Crippen LogP contribution is 2.31. The average Bonchev–Trinajstić information content (AvgIpc) is 3.17. The molecule has 0 spiro atoms. The Morgan fingerprint density at radius 3 is 2.48 bits per heavy atom. The number of hydrogen-bond donors (Lipinski definition) is 0. The maximum absolute atomic E-state index is 11.8. The van der Waals surface area contributed by atoms with Crippen molar-refractivity contribution in [1.82, 2.24) is 0 Å². The van der Waals surface area contributed by atoms with E-state index >= 15 is 0 Å². The van der Waals surface area contributed by atoms with Gasteiger partial charge in [0.15, 0.2) is 0 Å². The number of carbonyl (C=O) groups is 1. The number of esters is 1. The number of nitro groups is 1. The minimum atomic E-state index is -0.555. The lowest BCUT2D eigenvalue weighted by atomic mass is 10.2. The first-order chi connectivity index (χ1) is 14.1. The highest BCUT2D eigenvalue weighted by Gasteiger charge is 2.21. The Hall–Kier alpha value is -3.45. The van der Waals surface area contributed by atoms with Gasteiger partial charge in [0.25, 0.3) is 5.69 Å². The lowest BCUT2D eigenvalue weighted by Crippen LogP contribution is -2.01. The van der Waals surface area contributed by atoms with E-state index in [1.54, 1.807) is 19.1 Å². The summed E-state index contributed by atoms with van der Waals surface area (Å²) in [5.74, 6) is 0.179. The molecule has 0 saturated heterocycles. The molecule has 0 aliphatic carbocycles. The fraction of sp³-hybridized carbons (Fsp3) is 0.136. The molecule has 1 heterocycles. The maximum atomic E-state index is 11.8. The van der Waals surface area contributed by atoms with Gasteiger partial charge in [-0.15, -0.1) is 11.3 Å². The molecule has 0 bridgehead atoms. The van der Waals surface area contributed by atoms with Gasteiger partial charge in [-0.1, -0.05) is 48.5 Å². The second kappa shape index (κ2) is 9.66. The summed E-state index contributed by atoms with van der Waals surface area (Å²) >= 11 is 1.04. The molecule has 29 heavy (non-hydrogen) atoms. The lowest BCUT2D eigenvalue weighted by Gasteiger charge is -2.06. The van der Waals surface area contributed by atoms with Crippen LogP contribution < -0.4 is 4.74 Å². The molecule has 1 aromatic heterocycles. The highest BCUT2D eigenvalue weighted by molar-refractivity contribution is 7.15. The van der Waals surface area contributed by atoms with Gasteiger partial charge in [0, 0.05) is 6.07 Å². The van der Waals surface area contributed by atoms with Crippen LogP contribution in [0, 0.1) is 10.1 Å². The van der Waals surface area contributed by atoms with Crippen LogP contribution in [0.5, 0.6) is 5.75 Å². The minimum absolute atomic E-state index is 0.114. The number of rotatable bonds is 8. The standard InChI is InChI=1S/C22H19NO5S/c1-2-27-22(24)21-14-19(23(25)26)20(29-21)13-10-16-8-11-18(12-9-16)28-15-17-6-4-3-5-7-17/h3-14H,2,15H2,1H3/b13-10+. The van der Waals surface area contributed by atoms with E-state index in [-0.39, 0.29) is 17.2 Å². The Morgan fingerprint density at radius 2 is 1.83 bits per heavy atom. The summed E-state index contributed by atoms with van der Waals surface area (Å²) in [6.45, 7) is 2.39. The second-order valence-electron chi connectivity index (χ2n) is 6.01. The summed E-state index contributed by atoms with van der Waals surface area (Å²) in [5.41, 5.74) is 1.83. The van der Waals surface area contributed by atoms with Gasteiger partial charge in [-0.25, -0.2) is 4.79 Å². The van der Waals surface area contributed by atoms with E-state index in [1.165, 1.54) is 6.07 Å². The quantitative estimate of drug-likeness (QED) is 0.276. The fourth-order valence-corrected chi connectivity index (χ4v) is 3.47. The third-order valence-electron chi connectivity index (χ3n) is 3.97. The molecule has 6 nitrogen and oxygen atoms in total. The van der Waals surface area contributed by atoms with Crippen molar-refractivity contribution in [3.63, 3.8) is 0 Å². The van der Waals surface area contributed by atoms with Gasteiger partial charge in [0.05, 0.1) is 11.5 Å². The highest BCUT2D eigenvalue weighted by atomic mass is 32.1. The van der Waals surface area contributed by atoms with Crippen LogP contribution in [0.25, 0.3) is 12.2 Å². The van der Waals surface area contributed by atoms with Crippen molar-refractivity contribution in [2.24, 2.45) is 0 Å². The molecule has 3 aromatic rings. The SMILES string of the molecule is CCOC(=O)c1cc([N+](=O)[O-])c(/C=C/c2ccc(OCc3ccccc3)cc2)s1. The molecule has 0 unspecified atom stereocenters. The third-order valence-corrected chi connectivity index (χ3v) is 5.04. The molecule has 0 fully saturated rings. The normalized spacial score (nSPS) is 10.8. The molecule has 0 atom stereocenters. The number of ether oxygens (including phenoxy) is 2. The second-order valence-corrected chi connectivity index (χ2v) is 7.10. The predicted molar refractivity (Wildman–Crippen MR) is 113 cm³/mol. The maximum Gasteiger partial charge on any atom is 0.348 e. The smallest absolute Gasteiger partial charge is 0.348 e. The van der Waals surface area contributed by atoms with Crippen LogP contribution in [0.3, 0.4) is 0 Å². The zero-order valence-electron chi connectivity index (χ0n) is 15.7. The number of hydrogen-bond acceptors (Lipinski definition) is 6. The molecule has 7 heteroatoms. The van der Waals surface area contributed by atoms with Crippen LogP contribution in [0.1, 0.15) is 32.6 Å². The largest absolute Gasteiger partial charge is 0.489 e. The third kappa shape index (κ3) is 5.52. The Morgan fingerprint density at radius 1 is 1.10 bits per heavy atom. The van der Waals surface area contributed by atoms with E-state index in [0.29, 0.717) is 11.5 Å². The number of nitrogens with zero attached hydrogens (tertiary/aromatic N) is 1. The summed E-state index contributed by atoms with van der Waals surface area (Å²) in [5, 5.41) is 11.3. The van der Waals surface area contributed by atoms with Crippen molar-refractivity contribution in [3.05, 3.63) is 91.7 Å². The van der Waals surface area contributed by atoms with Crippen molar-refractivity contribution in [1.29, 1.82) is 0 Å². The van der Waals surface area contributed by atoms with Crippen molar-refractivity contribution < 1.29 is 19.2 Å². The van der Waals surface area contributed by atoms with E-state index in [4.69, 9.17) is 9.47 Å². The fourth-order valence-electron chi connectivity index (χ4n) is 2.55. The van der Waals surface area contributed by atoms with Gasteiger partial charge in [0.1, 0.15) is 22.1 Å². The van der Waals surface area contributed by atoms with Crippen LogP contribution >= 0.6 is 11.3 Å². The van der Waals surface area contributed by atoms with Crippen LogP contribution in [0.2, 0.25) is 0 Å². The van der Waals surface area contributed by atoms with Gasteiger partial charge in [0.2, 0.25) is 0 Å². The summed E-state index contributed by atoms with van der Waals surface area (Å²) in [7, 11) is 0. The van der Waals surface area contributed by atoms with Gasteiger partial charge in [-0.3, -0.25) is 10.1 Å².